The van der Waals surface area contributed by atoms with Crippen LogP contribution in [0, 0.1) is 5.92 Å². The predicted molar refractivity (Wildman–Crippen MR) is 147 cm³/mol. The van der Waals surface area contributed by atoms with E-state index in [4.69, 9.17) is 35.7 Å². The zero-order valence-electron chi connectivity index (χ0n) is 22.7. The van der Waals surface area contributed by atoms with Crippen molar-refractivity contribution in [1.29, 1.82) is 0 Å². The number of aliphatic hydroxyl groups is 3. The van der Waals surface area contributed by atoms with Crippen molar-refractivity contribution in [2.24, 2.45) is 11.7 Å². The molecule has 0 aromatic carbocycles. The standard InChI is InChI=1S/C22H30N11O10P/c23-3-8-10(4-34)42-21(33-7-29-12-18(33)30-22(25)31-19(12)37)15(8)43-44(38,39)40-2-1-9-13(35)14(36)20(41-9)32-6-28-11-16(24)26-5-27-17(11)32/h5-10,13-15,20-21,34-36H,1-4,23H2,(H,38,39)(H2,24,26,27)(H3,25,30,31,37)/t8-,9-,10-,13-,14-,15-,20-,21-/m1/s1. The molecule has 6 heterocycles. The molecule has 22 heteroatoms. The van der Waals surface area contributed by atoms with E-state index in [-0.39, 0.29) is 47.1 Å². The van der Waals surface area contributed by atoms with Crippen molar-refractivity contribution < 1.29 is 43.3 Å². The van der Waals surface area contributed by atoms with Crippen molar-refractivity contribution in [1.82, 2.24) is 39.0 Å². The Morgan fingerprint density at radius 1 is 1.00 bits per heavy atom. The molecule has 2 fully saturated rings. The topological polar surface area (TPSA) is 320 Å². The van der Waals surface area contributed by atoms with E-state index in [9.17, 15) is 29.6 Å². The van der Waals surface area contributed by atoms with Gasteiger partial charge in [-0.2, -0.15) is 4.98 Å². The molecule has 0 aliphatic carbocycles. The van der Waals surface area contributed by atoms with Crippen LogP contribution < -0.4 is 22.8 Å². The number of nitrogens with zero attached hydrogens (tertiary/aromatic N) is 7. The summed E-state index contributed by atoms with van der Waals surface area (Å²) in [6.07, 6.45) is -4.65. The summed E-state index contributed by atoms with van der Waals surface area (Å²) in [6, 6.07) is 0. The van der Waals surface area contributed by atoms with E-state index < -0.39 is 75.5 Å². The third kappa shape index (κ3) is 5.32. The molecule has 0 radical (unpaired) electrons. The number of phosphoric ester groups is 1. The summed E-state index contributed by atoms with van der Waals surface area (Å²) < 4.78 is 38.2. The van der Waals surface area contributed by atoms with Gasteiger partial charge in [-0.15, -0.1) is 0 Å². The number of fused-ring (bicyclic) bond motifs is 2. The van der Waals surface area contributed by atoms with Gasteiger partial charge in [0.05, 0.1) is 38.1 Å². The molecule has 2 aliphatic rings. The minimum absolute atomic E-state index is 0.00760. The minimum atomic E-state index is -4.85. The number of ether oxygens (including phenoxy) is 2. The van der Waals surface area contributed by atoms with Gasteiger partial charge in [-0.05, 0) is 0 Å². The Bertz CT molecular complexity index is 1770. The maximum absolute atomic E-state index is 13.1. The zero-order chi connectivity index (χ0) is 31.3. The van der Waals surface area contributed by atoms with Crippen molar-refractivity contribution in [2.45, 2.75) is 49.4 Å². The quantitative estimate of drug-likeness (QED) is 0.0806. The minimum Gasteiger partial charge on any atom is -0.394 e. The molecule has 0 amide bonds. The molecule has 0 saturated carbocycles. The Balaban J connectivity index is 1.15. The molecule has 4 aromatic heterocycles. The molecule has 9 atom stereocenters. The molecule has 0 spiro atoms. The third-order valence-corrected chi connectivity index (χ3v) is 8.60. The summed E-state index contributed by atoms with van der Waals surface area (Å²) in [6.45, 7) is -1.05. The second kappa shape index (κ2) is 11.7. The van der Waals surface area contributed by atoms with E-state index >= 15 is 0 Å². The van der Waals surface area contributed by atoms with Crippen LogP contribution in [-0.4, -0.2) is 110 Å². The second-order valence-electron chi connectivity index (χ2n) is 10.2. The van der Waals surface area contributed by atoms with E-state index in [0.29, 0.717) is 0 Å². The van der Waals surface area contributed by atoms with Crippen LogP contribution in [0.1, 0.15) is 18.9 Å². The molecular weight excluding hydrogens is 609 g/mol. The fraction of sp³-hybridized carbons (Fsp3) is 0.545. The van der Waals surface area contributed by atoms with Crippen LogP contribution in [-0.2, 0) is 23.1 Å². The molecule has 2 saturated heterocycles. The average Bonchev–Trinajstić information content (AvgIpc) is 3.74. The highest BCUT2D eigenvalue weighted by Gasteiger charge is 2.50. The normalized spacial score (nSPS) is 30.4. The number of hydrogen-bond acceptors (Lipinski definition) is 17. The van der Waals surface area contributed by atoms with Gasteiger partial charge >= 0.3 is 7.82 Å². The van der Waals surface area contributed by atoms with Crippen molar-refractivity contribution in [2.75, 3.05) is 31.2 Å². The Kier molecular flexibility index (Phi) is 8.09. The molecule has 6 rings (SSSR count). The number of nitrogens with two attached hydrogens (primary N) is 3. The lowest BCUT2D eigenvalue weighted by atomic mass is 9.99. The highest BCUT2D eigenvalue weighted by Crippen LogP contribution is 2.51. The molecule has 11 N–H and O–H groups in total. The summed E-state index contributed by atoms with van der Waals surface area (Å²) in [4.78, 5) is 45.4. The maximum atomic E-state index is 13.1. The number of aromatic nitrogens is 8. The number of aliphatic hydroxyl groups excluding tert-OH is 3. The van der Waals surface area contributed by atoms with Gasteiger partial charge in [-0.3, -0.25) is 28.0 Å². The van der Waals surface area contributed by atoms with Crippen LogP contribution in [0.3, 0.4) is 0 Å². The molecule has 0 bridgehead atoms. The van der Waals surface area contributed by atoms with Crippen LogP contribution in [0.2, 0.25) is 0 Å². The van der Waals surface area contributed by atoms with Gasteiger partial charge < -0.3 is 46.9 Å². The van der Waals surface area contributed by atoms with Gasteiger partial charge in [0.2, 0.25) is 5.95 Å². The molecular formula is C22H30N11O10P. The Morgan fingerprint density at radius 3 is 2.43 bits per heavy atom. The summed E-state index contributed by atoms with van der Waals surface area (Å²) in [5.74, 6) is -0.866. The molecule has 2 aliphatic heterocycles. The number of hydrogen-bond donors (Lipinski definition) is 8. The number of rotatable bonds is 10. The highest BCUT2D eigenvalue weighted by molar-refractivity contribution is 7.47. The van der Waals surface area contributed by atoms with Crippen molar-refractivity contribution in [3.63, 3.8) is 0 Å². The van der Waals surface area contributed by atoms with Crippen LogP contribution in [0.5, 0.6) is 0 Å². The number of anilines is 2. The average molecular weight is 640 g/mol. The van der Waals surface area contributed by atoms with Crippen molar-refractivity contribution in [3.05, 3.63) is 29.3 Å². The SMILES string of the molecule is NC[C@H]1[C@@H](OP(=O)(O)OCC[C@H]2O[C@@H](n3cnc4c(N)ncnc43)[C@H](O)[C@@H]2O)[C@H](n2cnc3c(=O)[nH]c(N)nc32)O[C@@H]1CO. The van der Waals surface area contributed by atoms with Crippen LogP contribution in [0.15, 0.2) is 23.8 Å². The first-order valence-electron chi connectivity index (χ1n) is 13.3. The molecule has 4 aromatic rings. The Morgan fingerprint density at radius 2 is 1.70 bits per heavy atom. The molecule has 1 unspecified atom stereocenters. The van der Waals surface area contributed by atoms with Crippen LogP contribution in [0.25, 0.3) is 22.3 Å². The molecule has 21 nitrogen and oxygen atoms in total. The van der Waals surface area contributed by atoms with Crippen LogP contribution in [0.4, 0.5) is 11.8 Å². The number of phosphoric acid groups is 1. The van der Waals surface area contributed by atoms with Gasteiger partial charge in [-0.25, -0.2) is 24.5 Å². The van der Waals surface area contributed by atoms with Gasteiger partial charge in [0.1, 0.15) is 30.2 Å². The number of imidazole rings is 2. The smallest absolute Gasteiger partial charge is 0.394 e. The van der Waals surface area contributed by atoms with Gasteiger partial charge in [0.15, 0.2) is 35.1 Å². The summed E-state index contributed by atoms with van der Waals surface area (Å²) in [5, 5.41) is 31.1. The zero-order valence-corrected chi connectivity index (χ0v) is 23.6. The third-order valence-electron chi connectivity index (χ3n) is 7.58. The lowest BCUT2D eigenvalue weighted by molar-refractivity contribution is -0.0521. The van der Waals surface area contributed by atoms with Crippen molar-refractivity contribution in [3.8, 4) is 0 Å². The highest BCUT2D eigenvalue weighted by atomic mass is 31.2. The Labute approximate surface area is 246 Å². The van der Waals surface area contributed by atoms with E-state index in [1.807, 2.05) is 0 Å². The first-order valence-corrected chi connectivity index (χ1v) is 14.8. The lowest BCUT2D eigenvalue weighted by Crippen LogP contribution is -2.35. The number of H-pyrrole nitrogens is 1. The second-order valence-corrected chi connectivity index (χ2v) is 11.6. The Hall–Kier alpha value is -3.63. The predicted octanol–water partition coefficient (Wildman–Crippen LogP) is -2.90. The van der Waals surface area contributed by atoms with Gasteiger partial charge in [-0.1, -0.05) is 0 Å². The van der Waals surface area contributed by atoms with Crippen LogP contribution >= 0.6 is 7.82 Å². The monoisotopic (exact) mass is 639 g/mol. The van der Waals surface area contributed by atoms with E-state index in [1.165, 1.54) is 28.1 Å². The number of nitrogen functional groups attached to an aromatic ring is 2. The lowest BCUT2D eigenvalue weighted by Gasteiger charge is -2.26. The number of aromatic amines is 1. The van der Waals surface area contributed by atoms with E-state index in [1.54, 1.807) is 0 Å². The van der Waals surface area contributed by atoms with E-state index in [2.05, 4.69) is 29.9 Å². The van der Waals surface area contributed by atoms with Gasteiger partial charge in [0.25, 0.3) is 5.56 Å². The first kappa shape index (κ1) is 30.4. The molecule has 238 valence electrons. The largest absolute Gasteiger partial charge is 0.472 e. The van der Waals surface area contributed by atoms with Gasteiger partial charge in [0, 0.05) is 18.9 Å². The summed E-state index contributed by atoms with van der Waals surface area (Å²) >= 11 is 0. The number of nitrogens with one attached hydrogen (secondary N) is 1. The summed E-state index contributed by atoms with van der Waals surface area (Å²) in [5.41, 5.74) is 17.3. The maximum Gasteiger partial charge on any atom is 0.472 e. The summed E-state index contributed by atoms with van der Waals surface area (Å²) in [7, 11) is -4.85. The first-order chi connectivity index (χ1) is 21.0. The van der Waals surface area contributed by atoms with Crippen molar-refractivity contribution >= 4 is 41.9 Å². The van der Waals surface area contributed by atoms with E-state index in [0.717, 1.165) is 0 Å². The molecule has 44 heavy (non-hydrogen) atoms. The fourth-order valence-electron chi connectivity index (χ4n) is 5.45. The fourth-order valence-corrected chi connectivity index (χ4v) is 6.42.